The second-order valence-corrected chi connectivity index (χ2v) is 4.32. The summed E-state index contributed by atoms with van der Waals surface area (Å²) < 4.78 is 6.90. The minimum absolute atomic E-state index is 0.120. The van der Waals surface area contributed by atoms with Gasteiger partial charge in [0.25, 0.3) is 0 Å². The molecule has 0 amide bonds. The fourth-order valence-corrected chi connectivity index (χ4v) is 2.31. The zero-order valence-electron chi connectivity index (χ0n) is 9.02. The molecule has 2 rings (SSSR count). The SMILES string of the molecule is Nc1ncnc2pcn(COC(O)CCO)c12. The van der Waals surface area contributed by atoms with Crippen molar-refractivity contribution in [3.05, 3.63) is 12.3 Å². The number of aliphatic hydroxyl groups is 2. The van der Waals surface area contributed by atoms with Crippen LogP contribution in [-0.2, 0) is 11.5 Å². The van der Waals surface area contributed by atoms with Crippen LogP contribution in [0.3, 0.4) is 0 Å². The minimum Gasteiger partial charge on any atom is -0.396 e. The van der Waals surface area contributed by atoms with Crippen molar-refractivity contribution in [3.63, 3.8) is 0 Å². The van der Waals surface area contributed by atoms with E-state index in [0.29, 0.717) is 11.3 Å². The van der Waals surface area contributed by atoms with Gasteiger partial charge in [-0.1, -0.05) is 0 Å². The van der Waals surface area contributed by atoms with E-state index in [1.165, 1.54) is 6.33 Å². The first-order valence-electron chi connectivity index (χ1n) is 5.04. The van der Waals surface area contributed by atoms with Crippen LogP contribution in [0, 0.1) is 0 Å². The third kappa shape index (κ3) is 2.70. The number of aliphatic hydroxyl groups excluding tert-OH is 2. The lowest BCUT2D eigenvalue weighted by Gasteiger charge is -2.12. The summed E-state index contributed by atoms with van der Waals surface area (Å²) in [6, 6.07) is 0. The van der Waals surface area contributed by atoms with Gasteiger partial charge in [-0.2, -0.15) is 0 Å². The highest BCUT2D eigenvalue weighted by atomic mass is 31.0. The Balaban J connectivity index is 2.14. The first-order valence-corrected chi connectivity index (χ1v) is 6.00. The van der Waals surface area contributed by atoms with Crippen molar-refractivity contribution in [2.24, 2.45) is 0 Å². The first kappa shape index (κ1) is 12.2. The van der Waals surface area contributed by atoms with Crippen molar-refractivity contribution in [3.8, 4) is 0 Å². The number of ether oxygens (including phenoxy) is 1. The summed E-state index contributed by atoms with van der Waals surface area (Å²) in [5, 5.41) is 18.8. The second kappa shape index (κ2) is 5.37. The summed E-state index contributed by atoms with van der Waals surface area (Å²) >= 11 is 0. The maximum absolute atomic E-state index is 9.34. The van der Waals surface area contributed by atoms with Crippen molar-refractivity contribution in [1.82, 2.24) is 14.5 Å². The van der Waals surface area contributed by atoms with Gasteiger partial charge in [0, 0.05) is 19.0 Å². The van der Waals surface area contributed by atoms with E-state index in [1.54, 1.807) is 4.57 Å². The fraction of sp³-hybridized carbons (Fsp3) is 0.444. The number of fused-ring (bicyclic) bond motifs is 1. The molecule has 1 unspecified atom stereocenters. The van der Waals surface area contributed by atoms with Gasteiger partial charge in [0.15, 0.2) is 12.1 Å². The molecule has 2 aromatic rings. The molecule has 4 N–H and O–H groups in total. The molecule has 0 bridgehead atoms. The summed E-state index contributed by atoms with van der Waals surface area (Å²) in [5.41, 5.74) is 6.47. The molecule has 0 spiro atoms. The first-order chi connectivity index (χ1) is 8.22. The Hall–Kier alpha value is -1.27. The van der Waals surface area contributed by atoms with E-state index >= 15 is 0 Å². The van der Waals surface area contributed by atoms with Crippen LogP contribution in [0.2, 0.25) is 0 Å². The summed E-state index contributed by atoms with van der Waals surface area (Å²) in [7, 11) is 0.917. The zero-order chi connectivity index (χ0) is 12.3. The van der Waals surface area contributed by atoms with E-state index in [2.05, 4.69) is 9.97 Å². The number of nitrogen functional groups attached to an aromatic ring is 1. The molecule has 0 saturated heterocycles. The average Bonchev–Trinajstić information content (AvgIpc) is 2.71. The molecule has 2 aromatic heterocycles. The van der Waals surface area contributed by atoms with Crippen LogP contribution in [0.5, 0.6) is 0 Å². The molecule has 1 atom stereocenters. The summed E-state index contributed by atoms with van der Waals surface area (Å²) in [6.45, 7) is 0.0315. The third-order valence-electron chi connectivity index (χ3n) is 2.22. The number of hydrogen-bond donors (Lipinski definition) is 3. The molecule has 7 nitrogen and oxygen atoms in total. The second-order valence-electron chi connectivity index (χ2n) is 3.41. The van der Waals surface area contributed by atoms with Crippen molar-refractivity contribution in [1.29, 1.82) is 0 Å². The third-order valence-corrected chi connectivity index (χ3v) is 3.19. The van der Waals surface area contributed by atoms with Crippen LogP contribution in [0.4, 0.5) is 5.82 Å². The fourth-order valence-electron chi connectivity index (χ4n) is 1.39. The van der Waals surface area contributed by atoms with E-state index in [0.717, 1.165) is 13.4 Å². The van der Waals surface area contributed by atoms with Gasteiger partial charge in [-0.05, 0) is 8.19 Å². The number of nitrogens with zero attached hydrogens (tertiary/aromatic N) is 3. The highest BCUT2D eigenvalue weighted by molar-refractivity contribution is 7.35. The van der Waals surface area contributed by atoms with Gasteiger partial charge in [-0.25, -0.2) is 9.97 Å². The molecule has 0 aliphatic carbocycles. The zero-order valence-corrected chi connectivity index (χ0v) is 9.92. The molecule has 8 heteroatoms. The van der Waals surface area contributed by atoms with Crippen molar-refractivity contribution >= 4 is 24.8 Å². The number of anilines is 1. The van der Waals surface area contributed by atoms with Gasteiger partial charge < -0.3 is 25.3 Å². The van der Waals surface area contributed by atoms with Gasteiger partial charge in [-0.3, -0.25) is 0 Å². The topological polar surface area (TPSA) is 106 Å². The van der Waals surface area contributed by atoms with Crippen molar-refractivity contribution < 1.29 is 14.9 Å². The largest absolute Gasteiger partial charge is 0.396 e. The molecular formula is C9H13N4O3P. The van der Waals surface area contributed by atoms with E-state index in [9.17, 15) is 5.11 Å². The normalized spacial score (nSPS) is 13.5. The van der Waals surface area contributed by atoms with E-state index in [-0.39, 0.29) is 19.8 Å². The van der Waals surface area contributed by atoms with E-state index in [4.69, 9.17) is 15.6 Å². The Morgan fingerprint density at radius 1 is 1.53 bits per heavy atom. The van der Waals surface area contributed by atoms with Gasteiger partial charge in [0.05, 0.1) is 0 Å². The standard InChI is InChI=1S/C9H13N4O3P/c10-8-7-9(12-3-11-8)17-5-13(7)4-16-6(15)1-2-14/h3,5-6,14-15H,1-2,4H2,(H2,10,11,12). The van der Waals surface area contributed by atoms with Crippen molar-refractivity contribution in [2.75, 3.05) is 12.3 Å². The minimum atomic E-state index is -0.986. The lowest BCUT2D eigenvalue weighted by atomic mass is 10.4. The molecule has 0 fully saturated rings. The molecule has 0 aliphatic rings. The van der Waals surface area contributed by atoms with E-state index < -0.39 is 6.29 Å². The Kier molecular flexibility index (Phi) is 3.86. The molecular weight excluding hydrogens is 243 g/mol. The maximum atomic E-state index is 9.34. The molecule has 0 aliphatic heterocycles. The van der Waals surface area contributed by atoms with Crippen LogP contribution in [0.25, 0.3) is 10.8 Å². The molecule has 0 saturated carbocycles. The van der Waals surface area contributed by atoms with Crippen LogP contribution in [0.15, 0.2) is 12.3 Å². The number of rotatable bonds is 5. The van der Waals surface area contributed by atoms with Crippen LogP contribution < -0.4 is 5.73 Å². The van der Waals surface area contributed by atoms with Crippen LogP contribution >= 0.6 is 8.19 Å². The Morgan fingerprint density at radius 2 is 2.35 bits per heavy atom. The number of hydrogen-bond acceptors (Lipinski definition) is 6. The Morgan fingerprint density at radius 3 is 3.12 bits per heavy atom. The van der Waals surface area contributed by atoms with E-state index in [1.807, 2.05) is 5.93 Å². The van der Waals surface area contributed by atoms with Gasteiger partial charge in [0.2, 0.25) is 0 Å². The molecule has 0 radical (unpaired) electrons. The average molecular weight is 256 g/mol. The van der Waals surface area contributed by atoms with Crippen LogP contribution in [0.1, 0.15) is 6.42 Å². The molecule has 17 heavy (non-hydrogen) atoms. The number of nitrogens with two attached hydrogens (primary N) is 1. The summed E-state index contributed by atoms with van der Waals surface area (Å²) in [6.07, 6.45) is 0.610. The molecule has 92 valence electrons. The van der Waals surface area contributed by atoms with Gasteiger partial charge in [0.1, 0.15) is 23.8 Å². The Labute approximate surface area is 99.0 Å². The lowest BCUT2D eigenvalue weighted by Crippen LogP contribution is -2.16. The highest BCUT2D eigenvalue weighted by Crippen LogP contribution is 2.26. The predicted octanol–water partition coefficient (Wildman–Crippen LogP) is 0.268. The smallest absolute Gasteiger partial charge is 0.159 e. The van der Waals surface area contributed by atoms with Gasteiger partial charge in [-0.15, -0.1) is 0 Å². The Bertz CT molecular complexity index is 504. The number of aromatic nitrogens is 3. The molecule has 2 heterocycles. The predicted molar refractivity (Wildman–Crippen MR) is 63.2 cm³/mol. The quantitative estimate of drug-likeness (QED) is 0.663. The molecule has 0 aromatic carbocycles. The monoisotopic (exact) mass is 256 g/mol. The maximum Gasteiger partial charge on any atom is 0.159 e. The van der Waals surface area contributed by atoms with Crippen molar-refractivity contribution in [2.45, 2.75) is 19.4 Å². The lowest BCUT2D eigenvalue weighted by molar-refractivity contribution is -0.132. The highest BCUT2D eigenvalue weighted by Gasteiger charge is 2.09. The summed E-state index contributed by atoms with van der Waals surface area (Å²) in [5.74, 6) is 2.23. The summed E-state index contributed by atoms with van der Waals surface area (Å²) in [4.78, 5) is 8.01. The van der Waals surface area contributed by atoms with Crippen LogP contribution in [-0.4, -0.2) is 37.6 Å². The van der Waals surface area contributed by atoms with Gasteiger partial charge >= 0.3 is 0 Å².